The van der Waals surface area contributed by atoms with E-state index in [4.69, 9.17) is 9.26 Å². The van der Waals surface area contributed by atoms with Crippen LogP contribution in [0.1, 0.15) is 23.8 Å². The Morgan fingerprint density at radius 2 is 2.20 bits per heavy atom. The van der Waals surface area contributed by atoms with E-state index in [9.17, 15) is 0 Å². The summed E-state index contributed by atoms with van der Waals surface area (Å²) in [4.78, 5) is 8.62. The fourth-order valence-corrected chi connectivity index (χ4v) is 2.76. The molecule has 2 aromatic heterocycles. The van der Waals surface area contributed by atoms with Gasteiger partial charge in [0.25, 0.3) is 0 Å². The van der Waals surface area contributed by atoms with Crippen molar-refractivity contribution in [1.29, 1.82) is 0 Å². The lowest BCUT2D eigenvalue weighted by molar-refractivity contribution is 0.306. The van der Waals surface area contributed by atoms with Crippen molar-refractivity contribution >= 4 is 12.4 Å². The van der Waals surface area contributed by atoms with Gasteiger partial charge in [0.1, 0.15) is 12.4 Å². The van der Waals surface area contributed by atoms with Crippen LogP contribution in [-0.4, -0.2) is 28.2 Å². The van der Waals surface area contributed by atoms with Gasteiger partial charge in [-0.05, 0) is 31.2 Å². The highest BCUT2D eigenvalue weighted by molar-refractivity contribution is 5.85. The molecule has 4 rings (SSSR count). The van der Waals surface area contributed by atoms with Crippen molar-refractivity contribution in [3.8, 4) is 17.1 Å². The lowest BCUT2D eigenvalue weighted by Crippen LogP contribution is -2.08. The van der Waals surface area contributed by atoms with E-state index in [1.165, 1.54) is 0 Å². The zero-order chi connectivity index (χ0) is 16.2. The number of hydrogen-bond acceptors (Lipinski definition) is 6. The van der Waals surface area contributed by atoms with Crippen LogP contribution in [0, 0.1) is 0 Å². The highest BCUT2D eigenvalue weighted by Crippen LogP contribution is 2.26. The monoisotopic (exact) mass is 358 g/mol. The number of nitrogens with zero attached hydrogens (tertiary/aromatic N) is 3. The first-order valence-electron chi connectivity index (χ1n) is 8.05. The van der Waals surface area contributed by atoms with Gasteiger partial charge in [-0.15, -0.1) is 12.4 Å². The van der Waals surface area contributed by atoms with Gasteiger partial charge in [0.15, 0.2) is 0 Å². The van der Waals surface area contributed by atoms with Gasteiger partial charge < -0.3 is 14.6 Å². The van der Waals surface area contributed by atoms with E-state index in [0.29, 0.717) is 24.2 Å². The number of benzene rings is 1. The van der Waals surface area contributed by atoms with Crippen molar-refractivity contribution in [2.75, 3.05) is 13.1 Å². The van der Waals surface area contributed by atoms with Gasteiger partial charge in [0, 0.05) is 30.1 Å². The Morgan fingerprint density at radius 3 is 3.00 bits per heavy atom. The molecule has 0 bridgehead atoms. The van der Waals surface area contributed by atoms with Crippen LogP contribution >= 0.6 is 12.4 Å². The number of rotatable bonds is 5. The van der Waals surface area contributed by atoms with E-state index in [1.54, 1.807) is 12.4 Å². The van der Waals surface area contributed by atoms with Crippen molar-refractivity contribution in [2.45, 2.75) is 18.9 Å². The lowest BCUT2D eigenvalue weighted by Gasteiger charge is -2.06. The maximum Gasteiger partial charge on any atom is 0.231 e. The smallest absolute Gasteiger partial charge is 0.231 e. The van der Waals surface area contributed by atoms with Crippen molar-refractivity contribution < 1.29 is 9.26 Å². The molecule has 3 aromatic rings. The molecule has 7 heteroatoms. The molecule has 3 heterocycles. The molecule has 0 aliphatic carbocycles. The van der Waals surface area contributed by atoms with Crippen molar-refractivity contribution in [2.24, 2.45) is 0 Å². The first-order valence-corrected chi connectivity index (χ1v) is 8.05. The van der Waals surface area contributed by atoms with Gasteiger partial charge in [-0.25, -0.2) is 0 Å². The van der Waals surface area contributed by atoms with Gasteiger partial charge in [-0.3, -0.25) is 4.98 Å². The SMILES string of the molecule is Cl.c1cncc(COc2cccc(-c3noc([C@H]4CCNC4)n3)c2)c1. The second-order valence-electron chi connectivity index (χ2n) is 5.82. The van der Waals surface area contributed by atoms with Crippen molar-refractivity contribution in [3.05, 3.63) is 60.2 Å². The molecule has 25 heavy (non-hydrogen) atoms. The zero-order valence-corrected chi connectivity index (χ0v) is 14.4. The van der Waals surface area contributed by atoms with E-state index in [-0.39, 0.29) is 12.4 Å². The fourth-order valence-electron chi connectivity index (χ4n) is 2.76. The minimum absolute atomic E-state index is 0. The zero-order valence-electron chi connectivity index (χ0n) is 13.6. The van der Waals surface area contributed by atoms with Gasteiger partial charge >= 0.3 is 0 Å². The van der Waals surface area contributed by atoms with E-state index in [2.05, 4.69) is 20.4 Å². The minimum Gasteiger partial charge on any atom is -0.489 e. The van der Waals surface area contributed by atoms with Crippen molar-refractivity contribution in [1.82, 2.24) is 20.4 Å². The molecule has 0 spiro atoms. The molecule has 130 valence electrons. The number of halogens is 1. The summed E-state index contributed by atoms with van der Waals surface area (Å²) in [5.74, 6) is 2.39. The van der Waals surface area contributed by atoms with Crippen molar-refractivity contribution in [3.63, 3.8) is 0 Å². The summed E-state index contributed by atoms with van der Waals surface area (Å²) in [6.07, 6.45) is 4.58. The van der Waals surface area contributed by atoms with Gasteiger partial charge in [-0.2, -0.15) is 4.98 Å². The van der Waals surface area contributed by atoms with Gasteiger partial charge in [0.2, 0.25) is 11.7 Å². The standard InChI is InChI=1S/C18H18N4O2.ClH/c1-4-14(17-21-18(24-22-17)15-6-8-20-11-15)9-16(5-1)23-12-13-3-2-7-19-10-13;/h1-5,7,9-10,15,20H,6,8,11-12H2;1H/t15-;/m0./s1. The molecule has 1 aromatic carbocycles. The quantitative estimate of drug-likeness (QED) is 0.755. The molecule has 0 unspecified atom stereocenters. The number of pyridine rings is 1. The molecule has 1 aliphatic rings. The Kier molecular flexibility index (Phi) is 5.63. The maximum atomic E-state index is 5.82. The molecule has 1 saturated heterocycles. The Morgan fingerprint density at radius 1 is 1.24 bits per heavy atom. The number of nitrogens with one attached hydrogen (secondary N) is 1. The third kappa shape index (κ3) is 4.15. The van der Waals surface area contributed by atoms with Crippen LogP contribution in [0.4, 0.5) is 0 Å². The average Bonchev–Trinajstić information content (AvgIpc) is 3.32. The van der Waals surface area contributed by atoms with E-state index >= 15 is 0 Å². The average molecular weight is 359 g/mol. The first-order chi connectivity index (χ1) is 11.9. The van der Waals surface area contributed by atoms with E-state index in [1.807, 2.05) is 36.4 Å². The Labute approximate surface area is 152 Å². The molecular formula is C18H19ClN4O2. The van der Waals surface area contributed by atoms with Crippen LogP contribution < -0.4 is 10.1 Å². The predicted octanol–water partition coefficient (Wildman–Crippen LogP) is 3.21. The summed E-state index contributed by atoms with van der Waals surface area (Å²) in [5, 5.41) is 7.42. The normalized spacial score (nSPS) is 16.4. The Hall–Kier alpha value is -2.44. The topological polar surface area (TPSA) is 73.1 Å². The Bertz CT molecular complexity index is 804. The molecular weight excluding hydrogens is 340 g/mol. The van der Waals surface area contributed by atoms with Crippen LogP contribution in [0.3, 0.4) is 0 Å². The molecule has 0 radical (unpaired) electrons. The number of ether oxygens (including phenoxy) is 1. The predicted molar refractivity (Wildman–Crippen MR) is 95.8 cm³/mol. The molecule has 0 saturated carbocycles. The van der Waals surface area contributed by atoms with Crippen LogP contribution in [-0.2, 0) is 6.61 Å². The summed E-state index contributed by atoms with van der Waals surface area (Å²) in [5.41, 5.74) is 1.91. The third-order valence-corrected chi connectivity index (χ3v) is 4.07. The molecule has 1 aliphatic heterocycles. The summed E-state index contributed by atoms with van der Waals surface area (Å²) in [6.45, 7) is 2.37. The van der Waals surface area contributed by atoms with Crippen LogP contribution in [0.25, 0.3) is 11.4 Å². The maximum absolute atomic E-state index is 5.82. The van der Waals surface area contributed by atoms with Crippen LogP contribution in [0.15, 0.2) is 53.3 Å². The van der Waals surface area contributed by atoms with Gasteiger partial charge in [0.05, 0.1) is 5.92 Å². The molecule has 1 fully saturated rings. The third-order valence-electron chi connectivity index (χ3n) is 4.07. The van der Waals surface area contributed by atoms with Crippen LogP contribution in [0.2, 0.25) is 0 Å². The minimum atomic E-state index is 0. The lowest BCUT2D eigenvalue weighted by atomic mass is 10.1. The van der Waals surface area contributed by atoms with Gasteiger partial charge in [-0.1, -0.05) is 23.4 Å². The second-order valence-corrected chi connectivity index (χ2v) is 5.82. The fraction of sp³-hybridized carbons (Fsp3) is 0.278. The second kappa shape index (κ2) is 8.09. The summed E-state index contributed by atoms with van der Waals surface area (Å²) < 4.78 is 11.2. The van der Waals surface area contributed by atoms with Crippen LogP contribution in [0.5, 0.6) is 5.75 Å². The number of hydrogen-bond donors (Lipinski definition) is 1. The largest absolute Gasteiger partial charge is 0.489 e. The summed E-state index contributed by atoms with van der Waals surface area (Å²) in [6, 6.07) is 11.6. The number of aromatic nitrogens is 3. The first kappa shape index (κ1) is 17.4. The summed E-state index contributed by atoms with van der Waals surface area (Å²) in [7, 11) is 0. The Balaban J connectivity index is 0.00000182. The van der Waals surface area contributed by atoms with E-state index < -0.39 is 0 Å². The molecule has 6 nitrogen and oxygen atoms in total. The highest BCUT2D eigenvalue weighted by Gasteiger charge is 2.23. The van der Waals surface area contributed by atoms with E-state index in [0.717, 1.165) is 36.4 Å². The highest BCUT2D eigenvalue weighted by atomic mass is 35.5. The molecule has 1 atom stereocenters. The molecule has 0 amide bonds. The molecule has 1 N–H and O–H groups in total. The summed E-state index contributed by atoms with van der Waals surface area (Å²) >= 11 is 0.